The highest BCUT2D eigenvalue weighted by Gasteiger charge is 2.17. The van der Waals surface area contributed by atoms with Crippen molar-refractivity contribution in [2.75, 3.05) is 0 Å². The molecule has 4 aromatic rings. The van der Waals surface area contributed by atoms with E-state index in [1.54, 1.807) is 12.1 Å². The van der Waals surface area contributed by atoms with Crippen LogP contribution in [0.4, 0.5) is 4.39 Å². The number of nitrogens with one attached hydrogen (secondary N) is 2. The molecule has 0 saturated heterocycles. The van der Waals surface area contributed by atoms with Crippen molar-refractivity contribution < 1.29 is 4.39 Å². The number of thiocarbonyl (C=S) groups is 1. The van der Waals surface area contributed by atoms with Gasteiger partial charge < -0.3 is 15.2 Å². The topological polar surface area (TPSA) is 48.1 Å². The number of hydrogen-bond acceptors (Lipinski definition) is 2. The molecule has 0 spiro atoms. The quantitative estimate of drug-likeness (QED) is 0.341. The first-order valence-electron chi connectivity index (χ1n) is 11.3. The van der Waals surface area contributed by atoms with E-state index in [9.17, 15) is 9.18 Å². The molecule has 0 aliphatic carbocycles. The largest absolute Gasteiger partial charge is 0.356 e. The number of nitrogens with zero attached hydrogens (tertiary/aromatic N) is 1. The summed E-state index contributed by atoms with van der Waals surface area (Å²) in [5.74, 6) is -0.287. The minimum atomic E-state index is -0.287. The van der Waals surface area contributed by atoms with Gasteiger partial charge in [-0.25, -0.2) is 4.39 Å². The highest BCUT2D eigenvalue weighted by Crippen LogP contribution is 2.21. The van der Waals surface area contributed by atoms with Gasteiger partial charge >= 0.3 is 0 Å². The van der Waals surface area contributed by atoms with Crippen LogP contribution in [0.5, 0.6) is 0 Å². The molecule has 0 bridgehead atoms. The Bertz CT molecular complexity index is 1370. The summed E-state index contributed by atoms with van der Waals surface area (Å²) in [6.07, 6.45) is 0. The molecule has 4 rings (SSSR count). The number of fused-ring (bicyclic) bond motifs is 1. The zero-order valence-corrected chi connectivity index (χ0v) is 20.4. The van der Waals surface area contributed by atoms with Gasteiger partial charge in [-0.2, -0.15) is 0 Å². The van der Waals surface area contributed by atoms with Crippen LogP contribution in [-0.4, -0.2) is 15.0 Å². The van der Waals surface area contributed by atoms with Crippen molar-refractivity contribution in [3.8, 4) is 0 Å². The Kier molecular flexibility index (Phi) is 7.08. The van der Waals surface area contributed by atoms with Gasteiger partial charge in [0.05, 0.1) is 18.1 Å². The molecule has 0 fully saturated rings. The molecule has 1 atom stereocenters. The van der Waals surface area contributed by atoms with E-state index < -0.39 is 0 Å². The predicted octanol–water partition coefficient (Wildman–Crippen LogP) is 5.92. The smallest absolute Gasteiger partial charge is 0.253 e. The predicted molar refractivity (Wildman–Crippen MR) is 140 cm³/mol. The van der Waals surface area contributed by atoms with Crippen LogP contribution in [0, 0.1) is 19.7 Å². The molecule has 0 amide bonds. The van der Waals surface area contributed by atoms with Crippen LogP contribution in [0.15, 0.2) is 77.6 Å². The van der Waals surface area contributed by atoms with Crippen LogP contribution in [-0.2, 0) is 13.1 Å². The van der Waals surface area contributed by atoms with Crippen LogP contribution in [0.3, 0.4) is 0 Å². The van der Waals surface area contributed by atoms with Crippen LogP contribution in [0.25, 0.3) is 10.9 Å². The highest BCUT2D eigenvalue weighted by molar-refractivity contribution is 7.80. The second kappa shape index (κ2) is 10.2. The Balaban J connectivity index is 1.65. The third-order valence-electron chi connectivity index (χ3n) is 6.10. The molecule has 0 aliphatic heterocycles. The summed E-state index contributed by atoms with van der Waals surface area (Å²) in [6.45, 7) is 6.84. The van der Waals surface area contributed by atoms with Crippen molar-refractivity contribution in [1.82, 2.24) is 15.2 Å². The van der Waals surface area contributed by atoms with E-state index in [-0.39, 0.29) is 17.4 Å². The van der Waals surface area contributed by atoms with Gasteiger partial charge in [0, 0.05) is 17.5 Å². The minimum absolute atomic E-state index is 0.0100. The summed E-state index contributed by atoms with van der Waals surface area (Å²) in [6, 6.07) is 22.4. The lowest BCUT2D eigenvalue weighted by Gasteiger charge is -2.28. The molecule has 0 aliphatic rings. The molecule has 3 aromatic carbocycles. The van der Waals surface area contributed by atoms with Gasteiger partial charge in [-0.1, -0.05) is 54.6 Å². The molecule has 1 unspecified atom stereocenters. The van der Waals surface area contributed by atoms with Gasteiger partial charge in [0.25, 0.3) is 5.56 Å². The number of hydrogen-bond donors (Lipinski definition) is 2. The molecule has 2 N–H and O–H groups in total. The maximum absolute atomic E-state index is 13.5. The zero-order chi connectivity index (χ0) is 24.2. The highest BCUT2D eigenvalue weighted by atomic mass is 32.1. The first-order valence-corrected chi connectivity index (χ1v) is 11.7. The third-order valence-corrected chi connectivity index (χ3v) is 6.47. The summed E-state index contributed by atoms with van der Waals surface area (Å²) < 4.78 is 13.5. The number of H-pyrrole nitrogens is 1. The van der Waals surface area contributed by atoms with Crippen LogP contribution < -0.4 is 10.9 Å². The van der Waals surface area contributed by atoms with Gasteiger partial charge in [-0.05, 0) is 73.4 Å². The summed E-state index contributed by atoms with van der Waals surface area (Å²) >= 11 is 5.79. The molecular weight excluding hydrogens is 445 g/mol. The number of aromatic amines is 1. The van der Waals surface area contributed by atoms with Gasteiger partial charge in [-0.3, -0.25) is 4.79 Å². The number of aryl methyl sites for hydroxylation is 2. The maximum Gasteiger partial charge on any atom is 0.253 e. The lowest BCUT2D eigenvalue weighted by Crippen LogP contribution is -2.41. The lowest BCUT2D eigenvalue weighted by atomic mass is 10.0. The van der Waals surface area contributed by atoms with Gasteiger partial charge in [0.2, 0.25) is 0 Å². The fourth-order valence-electron chi connectivity index (χ4n) is 4.05. The Hall–Kier alpha value is -3.51. The van der Waals surface area contributed by atoms with Crippen molar-refractivity contribution >= 4 is 28.2 Å². The van der Waals surface area contributed by atoms with E-state index in [1.165, 1.54) is 12.1 Å². The van der Waals surface area contributed by atoms with Crippen molar-refractivity contribution in [1.29, 1.82) is 0 Å². The van der Waals surface area contributed by atoms with Crippen molar-refractivity contribution in [3.05, 3.63) is 117 Å². The summed E-state index contributed by atoms with van der Waals surface area (Å²) in [5, 5.41) is 4.95. The molecular formula is C28H28FN3OS. The molecule has 6 heteroatoms. The SMILES string of the molecule is Cc1ccc(C)c2[nH]c(=O)c(CN(Cc3ccc(F)cc3)C(=S)NC(C)c3ccccc3)cc12. The number of halogens is 1. The Morgan fingerprint density at radius 3 is 2.38 bits per heavy atom. The lowest BCUT2D eigenvalue weighted by molar-refractivity contribution is 0.392. The Labute approximate surface area is 204 Å². The molecule has 0 radical (unpaired) electrons. The monoisotopic (exact) mass is 473 g/mol. The average molecular weight is 474 g/mol. The van der Waals surface area contributed by atoms with Crippen LogP contribution in [0.2, 0.25) is 0 Å². The first-order chi connectivity index (χ1) is 16.3. The number of aromatic nitrogens is 1. The third kappa shape index (κ3) is 5.34. The summed E-state index contributed by atoms with van der Waals surface area (Å²) in [4.78, 5) is 18.0. The number of rotatable bonds is 6. The Morgan fingerprint density at radius 1 is 1.00 bits per heavy atom. The fourth-order valence-corrected chi connectivity index (χ4v) is 4.36. The summed E-state index contributed by atoms with van der Waals surface area (Å²) in [5.41, 5.74) is 5.49. The first kappa shape index (κ1) is 23.6. The van der Waals surface area contributed by atoms with Crippen molar-refractivity contribution in [2.45, 2.75) is 39.9 Å². The van der Waals surface area contributed by atoms with E-state index in [4.69, 9.17) is 12.2 Å². The van der Waals surface area contributed by atoms with E-state index in [0.717, 1.165) is 33.2 Å². The summed E-state index contributed by atoms with van der Waals surface area (Å²) in [7, 11) is 0. The molecule has 4 nitrogen and oxygen atoms in total. The number of benzene rings is 3. The normalized spacial score (nSPS) is 11.9. The molecule has 174 valence electrons. The maximum atomic E-state index is 13.5. The average Bonchev–Trinajstić information content (AvgIpc) is 2.83. The van der Waals surface area contributed by atoms with Gasteiger partial charge in [0.1, 0.15) is 5.82 Å². The molecule has 1 heterocycles. The molecule has 34 heavy (non-hydrogen) atoms. The van der Waals surface area contributed by atoms with Crippen LogP contribution in [0.1, 0.15) is 40.8 Å². The standard InChI is InChI=1S/C28H28FN3OS/c1-18-9-10-19(2)26-25(18)15-23(27(33)31-26)17-32(16-21-11-13-24(29)14-12-21)28(34)30-20(3)22-7-5-4-6-8-22/h4-15,20H,16-17H2,1-3H3,(H,30,34)(H,31,33). The van der Waals surface area contributed by atoms with Crippen molar-refractivity contribution in [3.63, 3.8) is 0 Å². The van der Waals surface area contributed by atoms with Gasteiger partial charge in [0.15, 0.2) is 5.11 Å². The van der Waals surface area contributed by atoms with Crippen LogP contribution >= 0.6 is 12.2 Å². The minimum Gasteiger partial charge on any atom is -0.356 e. The second-order valence-electron chi connectivity index (χ2n) is 8.68. The molecule has 1 aromatic heterocycles. The van der Waals surface area contributed by atoms with E-state index in [0.29, 0.717) is 23.8 Å². The van der Waals surface area contributed by atoms with E-state index in [2.05, 4.69) is 16.4 Å². The molecule has 0 saturated carbocycles. The fraction of sp³-hybridized carbons (Fsp3) is 0.214. The van der Waals surface area contributed by atoms with Gasteiger partial charge in [-0.15, -0.1) is 0 Å². The van der Waals surface area contributed by atoms with E-state index in [1.807, 2.05) is 68.1 Å². The zero-order valence-electron chi connectivity index (χ0n) is 19.6. The van der Waals surface area contributed by atoms with Crippen molar-refractivity contribution in [2.24, 2.45) is 0 Å². The van der Waals surface area contributed by atoms with E-state index >= 15 is 0 Å². The Morgan fingerprint density at radius 2 is 1.68 bits per heavy atom. The second-order valence-corrected chi connectivity index (χ2v) is 9.06. The number of pyridine rings is 1.